The van der Waals surface area contributed by atoms with Crippen LogP contribution in [0.15, 0.2) is 75.8 Å². The highest BCUT2D eigenvalue weighted by Crippen LogP contribution is 2.34. The maximum Gasteiger partial charge on any atom is 0.282 e. The van der Waals surface area contributed by atoms with Gasteiger partial charge in [0.2, 0.25) is 0 Å². The lowest BCUT2D eigenvalue weighted by molar-refractivity contribution is -0.384. The Morgan fingerprint density at radius 2 is 1.94 bits per heavy atom. The summed E-state index contributed by atoms with van der Waals surface area (Å²) in [6.45, 7) is 1.88. The number of nitrogens with zero attached hydrogens (tertiary/aromatic N) is 3. The van der Waals surface area contributed by atoms with Crippen molar-refractivity contribution < 1.29 is 14.5 Å². The molecule has 0 saturated heterocycles. The fraction of sp³-hybridized carbons (Fsp3) is 0.0833. The molecule has 0 N–H and O–H groups in total. The minimum Gasteiger partial charge on any atom is -0.496 e. The Morgan fingerprint density at radius 3 is 2.64 bits per heavy atom. The maximum absolute atomic E-state index is 13.5. The molecule has 7 nitrogen and oxygen atoms in total. The van der Waals surface area contributed by atoms with Gasteiger partial charge in [0, 0.05) is 22.7 Å². The lowest BCUT2D eigenvalue weighted by atomic mass is 10.1. The van der Waals surface area contributed by atoms with Gasteiger partial charge in [-0.1, -0.05) is 29.8 Å². The van der Waals surface area contributed by atoms with E-state index < -0.39 is 4.92 Å². The van der Waals surface area contributed by atoms with Gasteiger partial charge < -0.3 is 4.74 Å². The van der Waals surface area contributed by atoms with E-state index in [1.807, 2.05) is 19.1 Å². The first-order chi connectivity index (χ1) is 15.8. The Morgan fingerprint density at radius 1 is 1.15 bits per heavy atom. The molecule has 1 amide bonds. The van der Waals surface area contributed by atoms with E-state index >= 15 is 0 Å². The molecule has 1 aliphatic heterocycles. The summed E-state index contributed by atoms with van der Waals surface area (Å²) in [5.74, 6) is 0.681. The van der Waals surface area contributed by atoms with E-state index in [2.05, 4.69) is 20.9 Å². The van der Waals surface area contributed by atoms with Crippen LogP contribution in [0.3, 0.4) is 0 Å². The lowest BCUT2D eigenvalue weighted by Crippen LogP contribution is -2.33. The van der Waals surface area contributed by atoms with Crippen molar-refractivity contribution in [2.75, 3.05) is 12.0 Å². The zero-order valence-corrected chi connectivity index (χ0v) is 19.9. The molecule has 4 rings (SSSR count). The van der Waals surface area contributed by atoms with Crippen molar-refractivity contribution in [2.24, 2.45) is 4.99 Å². The summed E-state index contributed by atoms with van der Waals surface area (Å²) in [6.07, 6.45) is 1.54. The molecule has 33 heavy (non-hydrogen) atoms. The monoisotopic (exact) mass is 525 g/mol. The van der Waals surface area contributed by atoms with E-state index in [1.165, 1.54) is 23.1 Å². The van der Waals surface area contributed by atoms with Crippen LogP contribution in [0.1, 0.15) is 16.7 Å². The third-order valence-corrected chi connectivity index (χ3v) is 5.92. The summed E-state index contributed by atoms with van der Waals surface area (Å²) < 4.78 is 6.01. The molecule has 3 aromatic rings. The number of aryl methyl sites for hydroxylation is 1. The molecule has 0 atom stereocenters. The molecule has 0 fully saturated rings. The first kappa shape index (κ1) is 22.7. The summed E-state index contributed by atoms with van der Waals surface area (Å²) in [5, 5.41) is 11.6. The number of nitro groups is 1. The van der Waals surface area contributed by atoms with Crippen LogP contribution in [0.5, 0.6) is 5.75 Å². The third kappa shape index (κ3) is 4.53. The number of hydrogen-bond donors (Lipinski definition) is 0. The number of nitro benzene ring substituents is 1. The van der Waals surface area contributed by atoms with E-state index in [9.17, 15) is 14.9 Å². The second kappa shape index (κ2) is 9.17. The SMILES string of the molecule is COc1ccc(C2=N/C(=C\c3cccc([N+](=O)[O-])c3)C(=O)N2c2cc(Cl)ccc2C)cc1Br. The third-order valence-electron chi connectivity index (χ3n) is 5.07. The number of rotatable bonds is 5. The molecule has 1 aliphatic rings. The smallest absolute Gasteiger partial charge is 0.282 e. The number of non-ortho nitro benzene ring substituents is 1. The van der Waals surface area contributed by atoms with Crippen molar-refractivity contribution >= 4 is 56.7 Å². The van der Waals surface area contributed by atoms with Gasteiger partial charge in [0.1, 0.15) is 17.3 Å². The topological polar surface area (TPSA) is 85.0 Å². The summed E-state index contributed by atoms with van der Waals surface area (Å²) >= 11 is 9.71. The molecule has 0 saturated carbocycles. The second-order valence-corrected chi connectivity index (χ2v) is 8.53. The van der Waals surface area contributed by atoms with Crippen LogP contribution in [0.25, 0.3) is 6.08 Å². The molecule has 0 unspecified atom stereocenters. The van der Waals surface area contributed by atoms with E-state index in [0.29, 0.717) is 37.9 Å². The van der Waals surface area contributed by atoms with Crippen LogP contribution in [-0.4, -0.2) is 23.8 Å². The predicted octanol–water partition coefficient (Wildman–Crippen LogP) is 6.16. The molecule has 166 valence electrons. The molecule has 0 radical (unpaired) electrons. The first-order valence-corrected chi connectivity index (χ1v) is 10.9. The number of halogens is 2. The minimum atomic E-state index is -0.482. The fourth-order valence-electron chi connectivity index (χ4n) is 3.45. The zero-order valence-electron chi connectivity index (χ0n) is 17.6. The van der Waals surface area contributed by atoms with Crippen LogP contribution in [0, 0.1) is 17.0 Å². The average molecular weight is 527 g/mol. The van der Waals surface area contributed by atoms with Crippen molar-refractivity contribution in [1.29, 1.82) is 0 Å². The van der Waals surface area contributed by atoms with Crippen LogP contribution >= 0.6 is 27.5 Å². The molecular formula is C24H17BrClN3O4. The number of amidine groups is 1. The Labute approximate surface area is 203 Å². The van der Waals surface area contributed by atoms with Gasteiger partial charge in [-0.25, -0.2) is 4.99 Å². The molecule has 0 aromatic heterocycles. The largest absolute Gasteiger partial charge is 0.496 e. The van der Waals surface area contributed by atoms with Gasteiger partial charge in [0.25, 0.3) is 11.6 Å². The van der Waals surface area contributed by atoms with Gasteiger partial charge in [-0.05, 0) is 70.4 Å². The Kier molecular flexibility index (Phi) is 6.31. The highest BCUT2D eigenvalue weighted by Gasteiger charge is 2.33. The minimum absolute atomic E-state index is 0.0689. The van der Waals surface area contributed by atoms with E-state index in [-0.39, 0.29) is 17.3 Å². The standard InChI is InChI=1S/C24H17BrClN3O4/c1-14-6-8-17(26)13-21(14)28-23(16-7-9-22(33-2)19(25)12-16)27-20(24(28)30)11-15-4-3-5-18(10-15)29(31)32/h3-13H,1-2H3/b20-11-. The van der Waals surface area contributed by atoms with Crippen LogP contribution in [-0.2, 0) is 4.79 Å². The summed E-state index contributed by atoms with van der Waals surface area (Å²) in [5.41, 5.74) is 2.69. The number of hydrogen-bond acceptors (Lipinski definition) is 5. The normalized spacial score (nSPS) is 14.5. The van der Waals surface area contributed by atoms with Crippen LogP contribution in [0.2, 0.25) is 5.02 Å². The molecule has 9 heteroatoms. The summed E-state index contributed by atoms with van der Waals surface area (Å²) in [7, 11) is 1.57. The van der Waals surface area contributed by atoms with Crippen LogP contribution < -0.4 is 9.64 Å². The first-order valence-electron chi connectivity index (χ1n) is 9.78. The molecule has 0 spiro atoms. The zero-order chi connectivity index (χ0) is 23.7. The van der Waals surface area contributed by atoms with Gasteiger partial charge in [0.15, 0.2) is 0 Å². The second-order valence-electron chi connectivity index (χ2n) is 7.24. The number of methoxy groups -OCH3 is 1. The molecular weight excluding hydrogens is 510 g/mol. The lowest BCUT2D eigenvalue weighted by Gasteiger charge is -2.21. The number of anilines is 1. The van der Waals surface area contributed by atoms with Crippen molar-refractivity contribution in [1.82, 2.24) is 0 Å². The number of amides is 1. The van der Waals surface area contributed by atoms with Crippen molar-refractivity contribution in [2.45, 2.75) is 6.92 Å². The Balaban J connectivity index is 1.87. The van der Waals surface area contributed by atoms with Gasteiger partial charge in [-0.15, -0.1) is 0 Å². The number of ether oxygens (including phenoxy) is 1. The van der Waals surface area contributed by atoms with Gasteiger partial charge in [-0.2, -0.15) is 0 Å². The molecule has 1 heterocycles. The fourth-order valence-corrected chi connectivity index (χ4v) is 4.16. The van der Waals surface area contributed by atoms with Crippen molar-refractivity contribution in [3.63, 3.8) is 0 Å². The van der Waals surface area contributed by atoms with Crippen LogP contribution in [0.4, 0.5) is 11.4 Å². The Hall–Kier alpha value is -3.49. The average Bonchev–Trinajstić information content (AvgIpc) is 3.11. The van der Waals surface area contributed by atoms with Gasteiger partial charge >= 0.3 is 0 Å². The maximum atomic E-state index is 13.5. The highest BCUT2D eigenvalue weighted by molar-refractivity contribution is 9.10. The van der Waals surface area contributed by atoms with Crippen molar-refractivity contribution in [3.8, 4) is 5.75 Å². The van der Waals surface area contributed by atoms with E-state index in [0.717, 1.165) is 5.56 Å². The number of carbonyl (C=O) groups is 1. The number of aliphatic imine (C=N–C) groups is 1. The summed E-state index contributed by atoms with van der Waals surface area (Å²) in [4.78, 5) is 30.3. The number of benzene rings is 3. The predicted molar refractivity (Wildman–Crippen MR) is 132 cm³/mol. The quantitative estimate of drug-likeness (QED) is 0.226. The highest BCUT2D eigenvalue weighted by atomic mass is 79.9. The van der Waals surface area contributed by atoms with Gasteiger partial charge in [0.05, 0.1) is 22.2 Å². The summed E-state index contributed by atoms with van der Waals surface area (Å²) in [6, 6.07) is 16.7. The molecule has 0 aliphatic carbocycles. The molecule has 0 bridgehead atoms. The van der Waals surface area contributed by atoms with E-state index in [4.69, 9.17) is 16.3 Å². The Bertz CT molecular complexity index is 1350. The number of carbonyl (C=O) groups excluding carboxylic acids is 1. The van der Waals surface area contributed by atoms with Gasteiger partial charge in [-0.3, -0.25) is 19.8 Å². The van der Waals surface area contributed by atoms with E-state index in [1.54, 1.807) is 43.5 Å². The van der Waals surface area contributed by atoms with Crippen molar-refractivity contribution in [3.05, 3.63) is 103 Å². The molecule has 3 aromatic carbocycles.